The maximum Gasteiger partial charge on any atom is 0.342 e. The third kappa shape index (κ3) is 2.71. The lowest BCUT2D eigenvalue weighted by molar-refractivity contribution is 0.0546. The van der Waals surface area contributed by atoms with Gasteiger partial charge >= 0.3 is 5.97 Å². The smallest absolute Gasteiger partial charge is 0.342 e. The molecule has 0 saturated heterocycles. The van der Waals surface area contributed by atoms with Gasteiger partial charge in [-0.3, -0.25) is 4.79 Å². The molecule has 2 aromatic rings. The monoisotopic (exact) mass is 307 g/mol. The van der Waals surface area contributed by atoms with Crippen LogP contribution in [0.5, 0.6) is 0 Å². The van der Waals surface area contributed by atoms with Gasteiger partial charge in [0.1, 0.15) is 23.6 Å². The van der Waals surface area contributed by atoms with E-state index in [1.54, 1.807) is 0 Å². The lowest BCUT2D eigenvalue weighted by Gasteiger charge is -2.08. The molecule has 1 amide bonds. The Balaban J connectivity index is 2.56. The van der Waals surface area contributed by atoms with Crippen molar-refractivity contribution >= 4 is 11.9 Å². The predicted molar refractivity (Wildman–Crippen MR) is 72.5 cm³/mol. The topological polar surface area (TPSA) is 87.2 Å². The second-order valence-corrected chi connectivity index (χ2v) is 4.14. The first-order valence-corrected chi connectivity index (χ1v) is 6.07. The van der Waals surface area contributed by atoms with Crippen molar-refractivity contribution in [3.8, 4) is 5.69 Å². The van der Waals surface area contributed by atoms with Crippen LogP contribution >= 0.6 is 0 Å². The van der Waals surface area contributed by atoms with Crippen LogP contribution in [0.15, 0.2) is 37.1 Å². The summed E-state index contributed by atoms with van der Waals surface area (Å²) in [6, 6.07) is 3.33. The summed E-state index contributed by atoms with van der Waals surface area (Å²) in [6.45, 7) is 3.29. The summed E-state index contributed by atoms with van der Waals surface area (Å²) in [7, 11) is 0. The Hall–Kier alpha value is -3.03. The van der Waals surface area contributed by atoms with Crippen LogP contribution in [-0.2, 0) is 4.74 Å². The van der Waals surface area contributed by atoms with Crippen LogP contribution < -0.4 is 5.73 Å². The predicted octanol–water partition coefficient (Wildman–Crippen LogP) is 1.59. The lowest BCUT2D eigenvalue weighted by Crippen LogP contribution is -2.21. The Labute approximate surface area is 123 Å². The number of nitrogens with two attached hydrogens (primary N) is 1. The number of nitrogens with zero attached hydrogens (tertiary/aromatic N) is 2. The first-order valence-electron chi connectivity index (χ1n) is 6.07. The normalized spacial score (nSPS) is 10.3. The van der Waals surface area contributed by atoms with Gasteiger partial charge in [0.25, 0.3) is 5.91 Å². The van der Waals surface area contributed by atoms with Crippen LogP contribution in [0.1, 0.15) is 20.8 Å². The first kappa shape index (κ1) is 15.4. The average molecular weight is 307 g/mol. The van der Waals surface area contributed by atoms with Crippen LogP contribution in [0.25, 0.3) is 5.69 Å². The molecule has 2 rings (SSSR count). The molecule has 22 heavy (non-hydrogen) atoms. The number of primary amides is 1. The van der Waals surface area contributed by atoms with E-state index >= 15 is 0 Å². The number of carbonyl (C=O) groups excluding carboxylic acids is 2. The Kier molecular flexibility index (Phi) is 4.31. The summed E-state index contributed by atoms with van der Waals surface area (Å²) in [5.41, 5.74) is 4.20. The summed E-state index contributed by atoms with van der Waals surface area (Å²) in [5.74, 6) is -4.26. The second kappa shape index (κ2) is 6.17. The second-order valence-electron chi connectivity index (χ2n) is 4.14. The van der Waals surface area contributed by atoms with Gasteiger partial charge in [-0.05, 0) is 12.1 Å². The number of rotatable bonds is 5. The average Bonchev–Trinajstić information content (AvgIpc) is 2.92. The zero-order valence-electron chi connectivity index (χ0n) is 11.3. The number of carbonyl (C=O) groups is 2. The summed E-state index contributed by atoms with van der Waals surface area (Å²) in [6.07, 6.45) is 2.33. The fraction of sp³-hybridized carbons (Fsp3) is 0.0714. The van der Waals surface area contributed by atoms with E-state index in [-0.39, 0.29) is 17.9 Å². The third-order valence-electron chi connectivity index (χ3n) is 2.71. The number of halogens is 2. The van der Waals surface area contributed by atoms with Gasteiger partial charge in [-0.2, -0.15) is 5.10 Å². The van der Waals surface area contributed by atoms with Crippen LogP contribution in [0, 0.1) is 11.6 Å². The highest BCUT2D eigenvalue weighted by Crippen LogP contribution is 2.20. The summed E-state index contributed by atoms with van der Waals surface area (Å²) >= 11 is 0. The molecule has 0 saturated carbocycles. The molecule has 0 aliphatic carbocycles. The van der Waals surface area contributed by atoms with Crippen molar-refractivity contribution in [3.63, 3.8) is 0 Å². The highest BCUT2D eigenvalue weighted by atomic mass is 19.2. The van der Waals surface area contributed by atoms with Crippen LogP contribution in [0.3, 0.4) is 0 Å². The maximum absolute atomic E-state index is 13.8. The fourth-order valence-electron chi connectivity index (χ4n) is 1.79. The van der Waals surface area contributed by atoms with Crippen molar-refractivity contribution in [2.24, 2.45) is 5.73 Å². The first-order chi connectivity index (χ1) is 10.5. The lowest BCUT2D eigenvalue weighted by atomic mass is 10.2. The maximum atomic E-state index is 13.8. The number of ether oxygens (including phenoxy) is 1. The zero-order valence-corrected chi connectivity index (χ0v) is 11.3. The summed E-state index contributed by atoms with van der Waals surface area (Å²) in [5, 5.41) is 3.72. The number of hydrogen-bond acceptors (Lipinski definition) is 4. The van der Waals surface area contributed by atoms with Crippen molar-refractivity contribution in [1.29, 1.82) is 0 Å². The molecule has 1 heterocycles. The quantitative estimate of drug-likeness (QED) is 0.671. The minimum atomic E-state index is -1.22. The minimum Gasteiger partial charge on any atom is -0.458 e. The van der Waals surface area contributed by atoms with E-state index in [9.17, 15) is 18.4 Å². The number of esters is 1. The molecule has 114 valence electrons. The van der Waals surface area contributed by atoms with E-state index in [2.05, 4.69) is 11.7 Å². The van der Waals surface area contributed by atoms with E-state index in [4.69, 9.17) is 10.5 Å². The van der Waals surface area contributed by atoms with Crippen molar-refractivity contribution in [3.05, 3.63) is 59.9 Å². The standard InChI is InChI=1S/C14H11F2N3O3/c1-2-6-22-14(21)8-7-18-19(12(8)13(17)20)10-5-3-4-9(15)11(10)16/h2-5,7H,1,6H2,(H2,17,20). The largest absolute Gasteiger partial charge is 0.458 e. The molecule has 8 heteroatoms. The van der Waals surface area contributed by atoms with E-state index < -0.39 is 29.2 Å². The number of amides is 1. The molecule has 0 unspecified atom stereocenters. The van der Waals surface area contributed by atoms with Gasteiger partial charge in [-0.15, -0.1) is 0 Å². The molecule has 0 aliphatic heterocycles. The van der Waals surface area contributed by atoms with Crippen LogP contribution in [0.2, 0.25) is 0 Å². The molecule has 0 radical (unpaired) electrons. The van der Waals surface area contributed by atoms with E-state index in [0.717, 1.165) is 16.9 Å². The third-order valence-corrected chi connectivity index (χ3v) is 2.71. The van der Waals surface area contributed by atoms with Crippen molar-refractivity contribution in [2.45, 2.75) is 0 Å². The van der Waals surface area contributed by atoms with Gasteiger partial charge in [0.15, 0.2) is 11.6 Å². The zero-order chi connectivity index (χ0) is 16.3. The fourth-order valence-corrected chi connectivity index (χ4v) is 1.79. The van der Waals surface area contributed by atoms with Gasteiger partial charge in [-0.1, -0.05) is 18.7 Å². The Morgan fingerprint density at radius 1 is 1.41 bits per heavy atom. The van der Waals surface area contributed by atoms with Gasteiger partial charge in [0, 0.05) is 0 Å². The van der Waals surface area contributed by atoms with E-state index in [1.807, 2.05) is 0 Å². The Morgan fingerprint density at radius 3 is 2.77 bits per heavy atom. The highest BCUT2D eigenvalue weighted by molar-refractivity contribution is 6.03. The molecule has 0 spiro atoms. The Bertz CT molecular complexity index is 756. The van der Waals surface area contributed by atoms with E-state index in [1.165, 1.54) is 18.2 Å². The van der Waals surface area contributed by atoms with Crippen molar-refractivity contribution < 1.29 is 23.1 Å². The molecular weight excluding hydrogens is 296 g/mol. The van der Waals surface area contributed by atoms with Crippen molar-refractivity contribution in [1.82, 2.24) is 9.78 Å². The molecule has 0 bridgehead atoms. The molecule has 1 aromatic carbocycles. The minimum absolute atomic E-state index is 0.0868. The highest BCUT2D eigenvalue weighted by Gasteiger charge is 2.25. The summed E-state index contributed by atoms with van der Waals surface area (Å²) in [4.78, 5) is 23.4. The van der Waals surface area contributed by atoms with Crippen LogP contribution in [0.4, 0.5) is 8.78 Å². The van der Waals surface area contributed by atoms with Gasteiger partial charge < -0.3 is 10.5 Å². The van der Waals surface area contributed by atoms with Crippen LogP contribution in [-0.4, -0.2) is 28.3 Å². The molecule has 1 aromatic heterocycles. The summed E-state index contributed by atoms with van der Waals surface area (Å²) < 4.78 is 32.7. The van der Waals surface area contributed by atoms with Gasteiger partial charge in [0.2, 0.25) is 0 Å². The van der Waals surface area contributed by atoms with Gasteiger partial charge in [0.05, 0.1) is 6.20 Å². The number of benzene rings is 1. The molecule has 0 atom stereocenters. The number of aromatic nitrogens is 2. The Morgan fingerprint density at radius 2 is 2.14 bits per heavy atom. The molecule has 0 aliphatic rings. The molecule has 6 nitrogen and oxygen atoms in total. The molecule has 2 N–H and O–H groups in total. The van der Waals surface area contributed by atoms with Gasteiger partial charge in [-0.25, -0.2) is 18.3 Å². The van der Waals surface area contributed by atoms with Crippen molar-refractivity contribution in [2.75, 3.05) is 6.61 Å². The van der Waals surface area contributed by atoms with E-state index in [0.29, 0.717) is 0 Å². The molecule has 0 fully saturated rings. The number of hydrogen-bond donors (Lipinski definition) is 1. The molecular formula is C14H11F2N3O3. The SMILES string of the molecule is C=CCOC(=O)c1cnn(-c2cccc(F)c2F)c1C(N)=O.